The van der Waals surface area contributed by atoms with Gasteiger partial charge >= 0.3 is 0 Å². The van der Waals surface area contributed by atoms with Crippen molar-refractivity contribution in [1.29, 1.82) is 0 Å². The summed E-state index contributed by atoms with van der Waals surface area (Å²) < 4.78 is 0. The summed E-state index contributed by atoms with van der Waals surface area (Å²) in [6.45, 7) is 0. The quantitative estimate of drug-likeness (QED) is 0.351. The van der Waals surface area contributed by atoms with Crippen LogP contribution in [0.15, 0.2) is 54.6 Å². The lowest BCUT2D eigenvalue weighted by atomic mass is 9.85. The standard InChI is InChI=1S/C19H9Cl6/c20-13-1-10(2-14(21)7-13)19(11-3-15(22)8-16(23)4-11)12-5-17(24)9-18(25)6-12/h1-9H. The van der Waals surface area contributed by atoms with Gasteiger partial charge in [-0.15, -0.1) is 0 Å². The fraction of sp³-hybridized carbons (Fsp3) is 0. The first kappa shape index (κ1) is 19.2. The van der Waals surface area contributed by atoms with Crippen molar-refractivity contribution in [3.05, 3.63) is 107 Å². The maximum Gasteiger partial charge on any atom is 0.0632 e. The molecule has 0 saturated carbocycles. The Morgan fingerprint density at radius 1 is 0.360 bits per heavy atom. The summed E-state index contributed by atoms with van der Waals surface area (Å²) in [5.74, 6) is 0.818. The maximum absolute atomic E-state index is 6.19. The van der Waals surface area contributed by atoms with Crippen molar-refractivity contribution in [3.8, 4) is 0 Å². The van der Waals surface area contributed by atoms with Gasteiger partial charge in [-0.3, -0.25) is 0 Å². The smallest absolute Gasteiger partial charge is 0.0632 e. The lowest BCUT2D eigenvalue weighted by Crippen LogP contribution is -2.05. The first-order valence-corrected chi connectivity index (χ1v) is 9.35. The minimum atomic E-state index is 0.515. The van der Waals surface area contributed by atoms with Gasteiger partial charge < -0.3 is 0 Å². The molecule has 0 aliphatic heterocycles. The van der Waals surface area contributed by atoms with Gasteiger partial charge in [-0.2, -0.15) is 0 Å². The van der Waals surface area contributed by atoms with E-state index in [4.69, 9.17) is 69.6 Å². The van der Waals surface area contributed by atoms with Crippen LogP contribution in [0.2, 0.25) is 30.1 Å². The highest BCUT2D eigenvalue weighted by Crippen LogP contribution is 2.38. The Hall–Kier alpha value is -0.600. The van der Waals surface area contributed by atoms with E-state index in [1.54, 1.807) is 18.2 Å². The van der Waals surface area contributed by atoms with Gasteiger partial charge in [0.15, 0.2) is 0 Å². The Morgan fingerprint density at radius 3 is 0.760 bits per heavy atom. The predicted molar refractivity (Wildman–Crippen MR) is 110 cm³/mol. The second kappa shape index (κ2) is 7.96. The molecule has 3 rings (SSSR count). The summed E-state index contributed by atoms with van der Waals surface area (Å²) >= 11 is 37.2. The van der Waals surface area contributed by atoms with Gasteiger partial charge in [0.25, 0.3) is 0 Å². The molecule has 0 aliphatic carbocycles. The van der Waals surface area contributed by atoms with E-state index in [2.05, 4.69) is 0 Å². The van der Waals surface area contributed by atoms with Crippen LogP contribution >= 0.6 is 69.6 Å². The first-order chi connectivity index (χ1) is 11.8. The lowest BCUT2D eigenvalue weighted by Gasteiger charge is -2.20. The molecule has 0 fully saturated rings. The molecule has 0 aliphatic rings. The molecule has 0 amide bonds. The monoisotopic (exact) mass is 447 g/mol. The fourth-order valence-corrected chi connectivity index (χ4v) is 4.17. The topological polar surface area (TPSA) is 0 Å². The molecule has 127 valence electrons. The van der Waals surface area contributed by atoms with Crippen LogP contribution in [0.1, 0.15) is 16.7 Å². The van der Waals surface area contributed by atoms with Crippen molar-refractivity contribution in [2.24, 2.45) is 0 Å². The molecule has 0 unspecified atom stereocenters. The summed E-state index contributed by atoms with van der Waals surface area (Å²) in [6.07, 6.45) is 0. The zero-order valence-corrected chi connectivity index (χ0v) is 17.0. The third-order valence-corrected chi connectivity index (χ3v) is 4.76. The Morgan fingerprint density at radius 2 is 0.560 bits per heavy atom. The molecule has 6 heteroatoms. The van der Waals surface area contributed by atoms with Crippen LogP contribution in [-0.4, -0.2) is 0 Å². The van der Waals surface area contributed by atoms with Gasteiger partial charge in [-0.1, -0.05) is 69.6 Å². The number of halogens is 6. The van der Waals surface area contributed by atoms with Crippen molar-refractivity contribution in [2.45, 2.75) is 0 Å². The zero-order valence-electron chi connectivity index (χ0n) is 12.5. The minimum absolute atomic E-state index is 0.515. The van der Waals surface area contributed by atoms with E-state index in [0.717, 1.165) is 22.6 Å². The Bertz CT molecular complexity index is 752. The van der Waals surface area contributed by atoms with E-state index in [-0.39, 0.29) is 0 Å². The highest BCUT2D eigenvalue weighted by molar-refractivity contribution is 6.36. The van der Waals surface area contributed by atoms with Gasteiger partial charge in [0.1, 0.15) is 0 Å². The highest BCUT2D eigenvalue weighted by atomic mass is 35.5. The number of hydrogen-bond acceptors (Lipinski definition) is 0. The summed E-state index contributed by atoms with van der Waals surface area (Å²) in [6, 6.07) is 15.9. The van der Waals surface area contributed by atoms with Crippen LogP contribution in [0, 0.1) is 5.92 Å². The molecule has 1 radical (unpaired) electrons. The van der Waals surface area contributed by atoms with Gasteiger partial charge in [0.05, 0.1) is 5.92 Å². The van der Waals surface area contributed by atoms with E-state index in [1.807, 2.05) is 36.4 Å². The normalized spacial score (nSPS) is 11.2. The van der Waals surface area contributed by atoms with Crippen molar-refractivity contribution < 1.29 is 0 Å². The average molecular weight is 450 g/mol. The molecular weight excluding hydrogens is 441 g/mol. The highest BCUT2D eigenvalue weighted by Gasteiger charge is 2.21. The molecule has 3 aromatic carbocycles. The largest absolute Gasteiger partial charge is 0.0843 e. The molecule has 0 heterocycles. The molecule has 0 atom stereocenters. The summed E-state index contributed by atoms with van der Waals surface area (Å²) in [7, 11) is 0. The van der Waals surface area contributed by atoms with Crippen LogP contribution < -0.4 is 0 Å². The van der Waals surface area contributed by atoms with Crippen molar-refractivity contribution >= 4 is 69.6 Å². The van der Waals surface area contributed by atoms with Crippen LogP contribution in [-0.2, 0) is 0 Å². The Labute approximate surface area is 176 Å². The van der Waals surface area contributed by atoms with Crippen molar-refractivity contribution in [1.82, 2.24) is 0 Å². The van der Waals surface area contributed by atoms with Gasteiger partial charge in [-0.05, 0) is 71.3 Å². The van der Waals surface area contributed by atoms with Crippen LogP contribution in [0.25, 0.3) is 0 Å². The zero-order chi connectivity index (χ0) is 18.1. The van der Waals surface area contributed by atoms with E-state index in [0.29, 0.717) is 30.1 Å². The number of hydrogen-bond donors (Lipinski definition) is 0. The van der Waals surface area contributed by atoms with Gasteiger partial charge in [-0.25, -0.2) is 0 Å². The average Bonchev–Trinajstić information content (AvgIpc) is 2.44. The van der Waals surface area contributed by atoms with Gasteiger partial charge in [0, 0.05) is 30.1 Å². The van der Waals surface area contributed by atoms with Crippen LogP contribution in [0.3, 0.4) is 0 Å². The molecule has 0 N–H and O–H groups in total. The molecule has 0 aromatic heterocycles. The number of rotatable bonds is 3. The Kier molecular flexibility index (Phi) is 6.11. The minimum Gasteiger partial charge on any atom is -0.0843 e. The maximum atomic E-state index is 6.19. The SMILES string of the molecule is Clc1cc(Cl)cc([C](c2cc(Cl)cc(Cl)c2)c2cc(Cl)cc(Cl)c2)c1. The summed E-state index contributed by atoms with van der Waals surface area (Å²) in [5, 5.41) is 3.09. The fourth-order valence-electron chi connectivity index (χ4n) is 2.59. The third kappa shape index (κ3) is 4.77. The van der Waals surface area contributed by atoms with Crippen molar-refractivity contribution in [2.75, 3.05) is 0 Å². The summed E-state index contributed by atoms with van der Waals surface area (Å²) in [4.78, 5) is 0. The van der Waals surface area contributed by atoms with E-state index >= 15 is 0 Å². The third-order valence-electron chi connectivity index (χ3n) is 3.45. The molecule has 3 aromatic rings. The lowest BCUT2D eigenvalue weighted by molar-refractivity contribution is 1.23. The second-order valence-electron chi connectivity index (χ2n) is 5.35. The number of benzene rings is 3. The van der Waals surface area contributed by atoms with E-state index in [1.165, 1.54) is 0 Å². The molecule has 0 nitrogen and oxygen atoms in total. The van der Waals surface area contributed by atoms with Crippen LogP contribution in [0.4, 0.5) is 0 Å². The molecule has 0 bridgehead atoms. The predicted octanol–water partition coefficient (Wildman–Crippen LogP) is 8.63. The van der Waals surface area contributed by atoms with Crippen molar-refractivity contribution in [3.63, 3.8) is 0 Å². The molecule has 0 saturated heterocycles. The first-order valence-electron chi connectivity index (χ1n) is 7.08. The Balaban J connectivity index is 2.27. The second-order valence-corrected chi connectivity index (χ2v) is 7.97. The van der Waals surface area contributed by atoms with Gasteiger partial charge in [0.2, 0.25) is 0 Å². The van der Waals surface area contributed by atoms with Crippen LogP contribution in [0.5, 0.6) is 0 Å². The van der Waals surface area contributed by atoms with E-state index < -0.39 is 0 Å². The summed E-state index contributed by atoms with van der Waals surface area (Å²) in [5.41, 5.74) is 2.40. The molecule has 0 spiro atoms. The molecular formula is C19H9Cl6. The molecule has 25 heavy (non-hydrogen) atoms. The van der Waals surface area contributed by atoms with E-state index in [9.17, 15) is 0 Å².